The minimum atomic E-state index is -0.763. The van der Waals surface area contributed by atoms with Crippen LogP contribution in [0.5, 0.6) is 5.75 Å². The highest BCUT2D eigenvalue weighted by molar-refractivity contribution is 8.93. The van der Waals surface area contributed by atoms with Gasteiger partial charge in [0.25, 0.3) is 0 Å². The lowest BCUT2D eigenvalue weighted by Gasteiger charge is -2.27. The van der Waals surface area contributed by atoms with Crippen LogP contribution < -0.4 is 4.74 Å². The lowest BCUT2D eigenvalue weighted by molar-refractivity contribution is 0.0213. The summed E-state index contributed by atoms with van der Waals surface area (Å²) < 4.78 is 5.25. The molecule has 0 saturated carbocycles. The fraction of sp³-hybridized carbons (Fsp3) is 0.500. The number of thioether (sulfide) groups is 1. The second kappa shape index (κ2) is 5.11. The number of hydrogen-bond acceptors (Lipinski definition) is 4. The zero-order chi connectivity index (χ0) is 12.9. The van der Waals surface area contributed by atoms with E-state index in [2.05, 4.69) is 11.9 Å². The first kappa shape index (κ1) is 14.9. The van der Waals surface area contributed by atoms with Crippen molar-refractivity contribution in [3.8, 4) is 5.75 Å². The molecule has 1 aromatic carbocycles. The largest absolute Gasteiger partial charge is 0.497 e. The molecule has 0 spiro atoms. The number of fused-ring (bicyclic) bond motifs is 3. The molecule has 0 amide bonds. The van der Waals surface area contributed by atoms with E-state index in [1.807, 2.05) is 18.2 Å². The van der Waals surface area contributed by atoms with Gasteiger partial charge in [-0.25, -0.2) is 0 Å². The topological polar surface area (TPSA) is 41.8 Å². The number of aliphatic hydroxyl groups is 1. The fourth-order valence-corrected chi connectivity index (χ4v) is 4.67. The van der Waals surface area contributed by atoms with Gasteiger partial charge in [-0.2, -0.15) is 0 Å². The van der Waals surface area contributed by atoms with Crippen LogP contribution in [0.4, 0.5) is 0 Å². The molecule has 3 unspecified atom stereocenters. The van der Waals surface area contributed by atoms with E-state index in [-0.39, 0.29) is 28.1 Å². The van der Waals surface area contributed by atoms with Crippen molar-refractivity contribution in [2.45, 2.75) is 24.2 Å². The monoisotopic (exact) mass is 343 g/mol. The predicted octanol–water partition coefficient (Wildman–Crippen LogP) is 2.80. The molecule has 1 fully saturated rings. The first-order valence-corrected chi connectivity index (χ1v) is 7.02. The predicted molar refractivity (Wildman–Crippen MR) is 84.8 cm³/mol. The Morgan fingerprint density at radius 1 is 1.47 bits per heavy atom. The summed E-state index contributed by atoms with van der Waals surface area (Å²) in [4.78, 5) is 4.30. The van der Waals surface area contributed by atoms with Crippen molar-refractivity contribution < 1.29 is 9.84 Å². The van der Waals surface area contributed by atoms with E-state index in [1.54, 1.807) is 25.9 Å². The molecule has 104 valence electrons. The molecule has 1 saturated heterocycles. The van der Waals surface area contributed by atoms with E-state index in [4.69, 9.17) is 4.74 Å². The molecule has 1 aliphatic heterocycles. The van der Waals surface area contributed by atoms with Crippen molar-refractivity contribution in [1.29, 1.82) is 0 Å². The molecule has 0 radical (unpaired) electrons. The van der Waals surface area contributed by atoms with Crippen LogP contribution in [0.15, 0.2) is 23.2 Å². The van der Waals surface area contributed by atoms with Crippen LogP contribution in [0.25, 0.3) is 0 Å². The van der Waals surface area contributed by atoms with Gasteiger partial charge in [0.15, 0.2) is 0 Å². The summed E-state index contributed by atoms with van der Waals surface area (Å²) in [7, 11) is 3.48. The van der Waals surface area contributed by atoms with Crippen LogP contribution in [-0.4, -0.2) is 29.6 Å². The molecule has 3 atom stereocenters. The average Bonchev–Trinajstić information content (AvgIpc) is 2.80. The Kier molecular flexibility index (Phi) is 4.00. The number of benzene rings is 1. The van der Waals surface area contributed by atoms with Crippen LogP contribution in [0.1, 0.15) is 18.1 Å². The molecule has 1 heterocycles. The second-order valence-electron chi connectivity index (χ2n) is 4.94. The quantitative estimate of drug-likeness (QED) is 0.852. The van der Waals surface area contributed by atoms with E-state index in [0.29, 0.717) is 0 Å². The van der Waals surface area contributed by atoms with E-state index in [9.17, 15) is 5.11 Å². The van der Waals surface area contributed by atoms with Gasteiger partial charge in [-0.15, -0.1) is 28.7 Å². The summed E-state index contributed by atoms with van der Waals surface area (Å²) in [6.45, 7) is 2.06. The van der Waals surface area contributed by atoms with Gasteiger partial charge >= 0.3 is 0 Å². The minimum absolute atomic E-state index is 0. The summed E-state index contributed by atoms with van der Waals surface area (Å²) in [5.74, 6) is 0.937. The van der Waals surface area contributed by atoms with E-state index in [1.165, 1.54) is 5.56 Å². The summed E-state index contributed by atoms with van der Waals surface area (Å²) in [5, 5.41) is 12.3. The molecular weight excluding hydrogens is 326 g/mol. The molecule has 2 aliphatic rings. The highest BCUT2D eigenvalue weighted by Gasteiger charge is 2.56. The zero-order valence-electron chi connectivity index (χ0n) is 11.2. The van der Waals surface area contributed by atoms with Crippen molar-refractivity contribution in [2.75, 3.05) is 14.2 Å². The molecule has 0 bridgehead atoms. The number of halogens is 1. The Hall–Kier alpha value is -0.520. The molecule has 19 heavy (non-hydrogen) atoms. The maximum absolute atomic E-state index is 11.1. The maximum atomic E-state index is 11.1. The van der Waals surface area contributed by atoms with Crippen LogP contribution in [-0.2, 0) is 12.0 Å². The molecule has 5 heteroatoms. The Bertz CT molecular complexity index is 534. The Balaban J connectivity index is 0.00000133. The standard InChI is InChI=1S/C14H17NO2S.BrH/c1-8-13(15-2)18-12-7-9-6-10(17-3)4-5-11(9)14(8,12)16;/h4-6,8,12,16H,7H2,1-3H3;1H. The highest BCUT2D eigenvalue weighted by atomic mass is 79.9. The third-order valence-electron chi connectivity index (χ3n) is 4.15. The highest BCUT2D eigenvalue weighted by Crippen LogP contribution is 2.55. The first-order valence-electron chi connectivity index (χ1n) is 6.14. The number of rotatable bonds is 1. The van der Waals surface area contributed by atoms with Crippen molar-refractivity contribution in [3.63, 3.8) is 0 Å². The fourth-order valence-electron chi connectivity index (χ4n) is 3.11. The summed E-state index contributed by atoms with van der Waals surface area (Å²) in [6, 6.07) is 5.98. The molecule has 1 aromatic rings. The van der Waals surface area contributed by atoms with Crippen molar-refractivity contribution >= 4 is 33.8 Å². The molecule has 3 nitrogen and oxygen atoms in total. The maximum Gasteiger partial charge on any atom is 0.119 e. The van der Waals surface area contributed by atoms with Crippen LogP contribution in [0.2, 0.25) is 0 Å². The number of aliphatic imine (C=N–C) groups is 1. The molecule has 1 aliphatic carbocycles. The molecular formula is C14H18BrNO2S. The molecule has 3 rings (SSSR count). The van der Waals surface area contributed by atoms with E-state index < -0.39 is 5.60 Å². The van der Waals surface area contributed by atoms with Crippen molar-refractivity contribution in [2.24, 2.45) is 10.9 Å². The first-order chi connectivity index (χ1) is 8.61. The lowest BCUT2D eigenvalue weighted by Crippen LogP contribution is -2.36. The number of nitrogens with zero attached hydrogens (tertiary/aromatic N) is 1. The summed E-state index contributed by atoms with van der Waals surface area (Å²) in [5.41, 5.74) is 1.49. The van der Waals surface area contributed by atoms with Crippen molar-refractivity contribution in [1.82, 2.24) is 0 Å². The van der Waals surface area contributed by atoms with Crippen LogP contribution in [0, 0.1) is 5.92 Å². The molecule has 1 N–H and O–H groups in total. The summed E-state index contributed by atoms with van der Waals surface area (Å²) >= 11 is 1.72. The van der Waals surface area contributed by atoms with Gasteiger partial charge in [-0.05, 0) is 29.7 Å². The van der Waals surface area contributed by atoms with Gasteiger partial charge < -0.3 is 9.84 Å². The third-order valence-corrected chi connectivity index (χ3v) is 5.74. The molecule has 0 aromatic heterocycles. The van der Waals surface area contributed by atoms with E-state index >= 15 is 0 Å². The Morgan fingerprint density at radius 3 is 2.84 bits per heavy atom. The van der Waals surface area contributed by atoms with Gasteiger partial charge in [-0.3, -0.25) is 4.99 Å². The minimum Gasteiger partial charge on any atom is -0.497 e. The normalized spacial score (nSPS) is 33.8. The summed E-state index contributed by atoms with van der Waals surface area (Å²) in [6.07, 6.45) is 0.886. The van der Waals surface area contributed by atoms with Crippen LogP contribution in [0.3, 0.4) is 0 Å². The number of ether oxygens (including phenoxy) is 1. The second-order valence-corrected chi connectivity index (χ2v) is 6.17. The zero-order valence-corrected chi connectivity index (χ0v) is 13.7. The van der Waals surface area contributed by atoms with Gasteiger partial charge in [0.1, 0.15) is 11.4 Å². The number of methoxy groups -OCH3 is 1. The van der Waals surface area contributed by atoms with Gasteiger partial charge in [0, 0.05) is 18.2 Å². The SMILES string of the molecule is Br.CN=C1SC2Cc3cc(OC)ccc3C2(O)C1C. The lowest BCUT2D eigenvalue weighted by atomic mass is 9.84. The van der Waals surface area contributed by atoms with Crippen molar-refractivity contribution in [3.05, 3.63) is 29.3 Å². The van der Waals surface area contributed by atoms with Gasteiger partial charge in [-0.1, -0.05) is 13.0 Å². The van der Waals surface area contributed by atoms with Gasteiger partial charge in [0.05, 0.1) is 12.2 Å². The number of hydrogen-bond donors (Lipinski definition) is 1. The Morgan fingerprint density at radius 2 is 2.21 bits per heavy atom. The van der Waals surface area contributed by atoms with E-state index in [0.717, 1.165) is 22.8 Å². The smallest absolute Gasteiger partial charge is 0.119 e. The third kappa shape index (κ3) is 1.94. The van der Waals surface area contributed by atoms with Crippen LogP contribution >= 0.6 is 28.7 Å². The Labute approximate surface area is 128 Å². The van der Waals surface area contributed by atoms with Gasteiger partial charge in [0.2, 0.25) is 0 Å². The average molecular weight is 344 g/mol.